The summed E-state index contributed by atoms with van der Waals surface area (Å²) >= 11 is 0. The van der Waals surface area contributed by atoms with Crippen LogP contribution in [0.4, 0.5) is 0 Å². The van der Waals surface area contributed by atoms with Gasteiger partial charge in [-0.25, -0.2) is 9.89 Å². The number of aryl methyl sites for hydroxylation is 1. The van der Waals surface area contributed by atoms with E-state index in [0.29, 0.717) is 12.2 Å². The van der Waals surface area contributed by atoms with Crippen LogP contribution < -0.4 is 5.69 Å². The maximum atomic E-state index is 11.2. The van der Waals surface area contributed by atoms with Crippen molar-refractivity contribution in [3.05, 3.63) is 52.2 Å². The number of hydrogen-bond acceptors (Lipinski definition) is 3. The Hall–Kier alpha value is -2.17. The Balaban J connectivity index is 2.09. The number of aromatic amines is 1. The van der Waals surface area contributed by atoms with Gasteiger partial charge in [-0.05, 0) is 12.5 Å². The molecule has 0 radical (unpaired) electrons. The molecule has 0 saturated carbocycles. The van der Waals surface area contributed by atoms with Crippen molar-refractivity contribution in [3.8, 4) is 0 Å². The lowest BCUT2D eigenvalue weighted by atomic mass is 10.2. The highest BCUT2D eigenvalue weighted by Crippen LogP contribution is 1.97. The second-order valence-corrected chi connectivity index (χ2v) is 3.38. The third-order valence-electron chi connectivity index (χ3n) is 2.18. The summed E-state index contributed by atoms with van der Waals surface area (Å²) in [5.41, 5.74) is 0.835. The molecule has 0 aliphatic carbocycles. The first-order valence-corrected chi connectivity index (χ1v) is 4.98. The summed E-state index contributed by atoms with van der Waals surface area (Å²) in [6, 6.07) is 9.93. The van der Waals surface area contributed by atoms with Crippen LogP contribution in [-0.4, -0.2) is 21.1 Å². The van der Waals surface area contributed by atoms with Crippen LogP contribution in [0.5, 0.6) is 0 Å². The highest BCUT2D eigenvalue weighted by Gasteiger charge is 1.99. The van der Waals surface area contributed by atoms with Gasteiger partial charge in [0, 0.05) is 12.6 Å². The van der Waals surface area contributed by atoms with Crippen LogP contribution in [0.15, 0.2) is 40.2 Å². The molecule has 82 valence electrons. The van der Waals surface area contributed by atoms with Gasteiger partial charge in [-0.1, -0.05) is 30.3 Å². The minimum atomic E-state index is -0.318. The fourth-order valence-corrected chi connectivity index (χ4v) is 1.35. The quantitative estimate of drug-likeness (QED) is 0.776. The van der Waals surface area contributed by atoms with Gasteiger partial charge in [-0.15, -0.1) is 0 Å². The summed E-state index contributed by atoms with van der Waals surface area (Å²) in [4.78, 5) is 11.2. The molecule has 1 aromatic heterocycles. The molecule has 2 aromatic rings. The molecule has 0 saturated heterocycles. The zero-order valence-electron chi connectivity index (χ0n) is 8.92. The van der Waals surface area contributed by atoms with Crippen molar-refractivity contribution >= 4 is 6.21 Å². The Morgan fingerprint density at radius 1 is 1.44 bits per heavy atom. The number of rotatable bonds is 3. The third kappa shape index (κ3) is 2.25. The molecule has 16 heavy (non-hydrogen) atoms. The van der Waals surface area contributed by atoms with E-state index in [9.17, 15) is 4.79 Å². The van der Waals surface area contributed by atoms with Gasteiger partial charge in [0.2, 0.25) is 0 Å². The molecule has 5 nitrogen and oxygen atoms in total. The maximum Gasteiger partial charge on any atom is 0.364 e. The Morgan fingerprint density at radius 3 is 2.81 bits per heavy atom. The SMILES string of the molecule is Cc1n[nH]c(=O)n1N=CCc1ccccc1. The molecule has 1 heterocycles. The smallest absolute Gasteiger partial charge is 0.244 e. The van der Waals surface area contributed by atoms with Gasteiger partial charge in [0.1, 0.15) is 0 Å². The molecule has 0 atom stereocenters. The molecule has 0 unspecified atom stereocenters. The van der Waals surface area contributed by atoms with Gasteiger partial charge < -0.3 is 0 Å². The van der Waals surface area contributed by atoms with E-state index in [1.165, 1.54) is 4.68 Å². The Kier molecular flexibility index (Phi) is 2.95. The second-order valence-electron chi connectivity index (χ2n) is 3.38. The lowest BCUT2D eigenvalue weighted by Crippen LogP contribution is -2.13. The van der Waals surface area contributed by atoms with Gasteiger partial charge in [-0.3, -0.25) is 0 Å². The van der Waals surface area contributed by atoms with Crippen molar-refractivity contribution in [1.82, 2.24) is 14.9 Å². The molecule has 0 spiro atoms. The standard InChI is InChI=1S/C11H12N4O/c1-9-13-14-11(16)15(9)12-8-7-10-5-3-2-4-6-10/h2-6,8H,7H2,1H3,(H,14,16). The molecule has 2 rings (SSSR count). The molecule has 0 aliphatic rings. The predicted octanol–water partition coefficient (Wildman–Crippen LogP) is 0.956. The topological polar surface area (TPSA) is 63.0 Å². The van der Waals surface area contributed by atoms with E-state index < -0.39 is 0 Å². The molecular weight excluding hydrogens is 204 g/mol. The van der Waals surface area contributed by atoms with Crippen LogP contribution in [0.25, 0.3) is 0 Å². The average Bonchev–Trinajstić information content (AvgIpc) is 2.62. The van der Waals surface area contributed by atoms with Crippen LogP contribution in [0.1, 0.15) is 11.4 Å². The van der Waals surface area contributed by atoms with E-state index in [1.807, 2.05) is 30.3 Å². The lowest BCUT2D eigenvalue weighted by molar-refractivity contribution is 0.797. The fraction of sp³-hybridized carbons (Fsp3) is 0.182. The fourth-order valence-electron chi connectivity index (χ4n) is 1.35. The van der Waals surface area contributed by atoms with E-state index in [1.54, 1.807) is 13.1 Å². The Morgan fingerprint density at radius 2 is 2.19 bits per heavy atom. The van der Waals surface area contributed by atoms with E-state index in [-0.39, 0.29) is 5.69 Å². The Labute approximate surface area is 92.4 Å². The van der Waals surface area contributed by atoms with E-state index in [2.05, 4.69) is 15.3 Å². The van der Waals surface area contributed by atoms with Crippen LogP contribution >= 0.6 is 0 Å². The average molecular weight is 216 g/mol. The monoisotopic (exact) mass is 216 g/mol. The number of benzene rings is 1. The maximum absolute atomic E-state index is 11.2. The largest absolute Gasteiger partial charge is 0.364 e. The first-order chi connectivity index (χ1) is 7.77. The molecule has 0 aliphatic heterocycles. The molecular formula is C11H12N4O. The van der Waals surface area contributed by atoms with Crippen LogP contribution in [-0.2, 0) is 6.42 Å². The number of nitrogens with one attached hydrogen (secondary N) is 1. The minimum absolute atomic E-state index is 0.318. The van der Waals surface area contributed by atoms with Crippen LogP contribution in [0.2, 0.25) is 0 Å². The van der Waals surface area contributed by atoms with Crippen LogP contribution in [0.3, 0.4) is 0 Å². The predicted molar refractivity (Wildman–Crippen MR) is 61.6 cm³/mol. The summed E-state index contributed by atoms with van der Waals surface area (Å²) in [7, 11) is 0. The van der Waals surface area contributed by atoms with Gasteiger partial charge in [0.05, 0.1) is 0 Å². The van der Waals surface area contributed by atoms with E-state index >= 15 is 0 Å². The van der Waals surface area contributed by atoms with E-state index in [4.69, 9.17) is 0 Å². The molecule has 0 amide bonds. The molecule has 0 bridgehead atoms. The van der Waals surface area contributed by atoms with Crippen LogP contribution in [0, 0.1) is 6.92 Å². The normalized spacial score (nSPS) is 11.1. The summed E-state index contributed by atoms with van der Waals surface area (Å²) in [6.07, 6.45) is 2.39. The summed E-state index contributed by atoms with van der Waals surface area (Å²) in [5, 5.41) is 10.1. The van der Waals surface area contributed by atoms with Crippen molar-refractivity contribution < 1.29 is 0 Å². The number of aromatic nitrogens is 3. The number of nitrogens with zero attached hydrogens (tertiary/aromatic N) is 3. The zero-order chi connectivity index (χ0) is 11.4. The molecule has 1 aromatic carbocycles. The minimum Gasteiger partial charge on any atom is -0.244 e. The third-order valence-corrected chi connectivity index (χ3v) is 2.18. The highest BCUT2D eigenvalue weighted by molar-refractivity contribution is 5.61. The van der Waals surface area contributed by atoms with Crippen molar-refractivity contribution in [2.24, 2.45) is 5.10 Å². The number of hydrogen-bond donors (Lipinski definition) is 1. The Bertz CT molecular complexity index is 539. The summed E-state index contributed by atoms with van der Waals surface area (Å²) in [6.45, 7) is 1.72. The van der Waals surface area contributed by atoms with Crippen molar-refractivity contribution in [3.63, 3.8) is 0 Å². The van der Waals surface area contributed by atoms with Gasteiger partial charge in [-0.2, -0.15) is 14.9 Å². The van der Waals surface area contributed by atoms with Crippen molar-refractivity contribution in [2.45, 2.75) is 13.3 Å². The second kappa shape index (κ2) is 4.57. The summed E-state index contributed by atoms with van der Waals surface area (Å²) < 4.78 is 1.24. The van der Waals surface area contributed by atoms with Gasteiger partial charge >= 0.3 is 5.69 Å². The first kappa shape index (κ1) is 10.4. The zero-order valence-corrected chi connectivity index (χ0v) is 8.92. The molecule has 1 N–H and O–H groups in total. The summed E-state index contributed by atoms with van der Waals surface area (Å²) in [5.74, 6) is 0.550. The van der Waals surface area contributed by atoms with Crippen molar-refractivity contribution in [2.75, 3.05) is 0 Å². The molecule has 0 fully saturated rings. The lowest BCUT2D eigenvalue weighted by Gasteiger charge is -1.94. The van der Waals surface area contributed by atoms with E-state index in [0.717, 1.165) is 5.56 Å². The van der Waals surface area contributed by atoms with Crippen molar-refractivity contribution in [1.29, 1.82) is 0 Å². The highest BCUT2D eigenvalue weighted by atomic mass is 16.2. The molecule has 5 heteroatoms. The number of H-pyrrole nitrogens is 1. The van der Waals surface area contributed by atoms with Gasteiger partial charge in [0.15, 0.2) is 5.82 Å². The first-order valence-electron chi connectivity index (χ1n) is 4.98. The van der Waals surface area contributed by atoms with Gasteiger partial charge in [0.25, 0.3) is 0 Å².